The van der Waals surface area contributed by atoms with E-state index in [9.17, 15) is 13.2 Å². The Hall–Kier alpha value is -1.60. The Morgan fingerprint density at radius 1 is 1.11 bits per heavy atom. The van der Waals surface area contributed by atoms with Crippen LogP contribution in [0, 0.1) is 12.8 Å². The Morgan fingerprint density at radius 3 is 2.54 bits per heavy atom. The third-order valence-corrected chi connectivity index (χ3v) is 7.95. The average Bonchev–Trinajstić information content (AvgIpc) is 2.69. The maximum absolute atomic E-state index is 12.9. The summed E-state index contributed by atoms with van der Waals surface area (Å²) in [6.07, 6.45) is 7.51. The molecule has 0 aromatic heterocycles. The van der Waals surface area contributed by atoms with Crippen LogP contribution in [0.4, 0.5) is 5.69 Å². The molecule has 2 atom stereocenters. The molecule has 6 nitrogen and oxygen atoms in total. The van der Waals surface area contributed by atoms with Gasteiger partial charge in [-0.05, 0) is 56.2 Å². The Labute approximate surface area is 169 Å². The lowest BCUT2D eigenvalue weighted by molar-refractivity contribution is -0.120. The number of carbonyl (C=O) groups is 1. The second kappa shape index (κ2) is 9.27. The molecular formula is C21H33N3O3S. The van der Waals surface area contributed by atoms with Crippen molar-refractivity contribution in [3.05, 3.63) is 23.8 Å². The first-order valence-electron chi connectivity index (χ1n) is 10.5. The van der Waals surface area contributed by atoms with E-state index in [0.717, 1.165) is 44.1 Å². The number of hydrogen-bond donors (Lipinski definition) is 2. The minimum atomic E-state index is -3.48. The van der Waals surface area contributed by atoms with Gasteiger partial charge >= 0.3 is 0 Å². The van der Waals surface area contributed by atoms with Gasteiger partial charge in [0, 0.05) is 24.8 Å². The molecule has 1 heterocycles. The molecule has 1 aliphatic heterocycles. The molecule has 1 aromatic rings. The minimum absolute atomic E-state index is 0.0394. The van der Waals surface area contributed by atoms with E-state index in [4.69, 9.17) is 0 Å². The van der Waals surface area contributed by atoms with E-state index >= 15 is 0 Å². The number of nitrogens with zero attached hydrogens (tertiary/aromatic N) is 1. The van der Waals surface area contributed by atoms with Crippen molar-refractivity contribution in [2.24, 2.45) is 5.92 Å². The van der Waals surface area contributed by atoms with Crippen molar-refractivity contribution in [2.45, 2.75) is 69.7 Å². The van der Waals surface area contributed by atoms with E-state index in [1.165, 1.54) is 6.42 Å². The van der Waals surface area contributed by atoms with Gasteiger partial charge in [0.15, 0.2) is 0 Å². The normalized spacial score (nSPS) is 23.9. The molecule has 0 spiro atoms. The third kappa shape index (κ3) is 5.06. The minimum Gasteiger partial charge on any atom is -0.376 e. The van der Waals surface area contributed by atoms with Crippen LogP contribution in [0.15, 0.2) is 23.1 Å². The van der Waals surface area contributed by atoms with Crippen LogP contribution >= 0.6 is 0 Å². The molecule has 1 saturated carbocycles. The molecular weight excluding hydrogens is 374 g/mol. The Morgan fingerprint density at radius 2 is 1.82 bits per heavy atom. The highest BCUT2D eigenvalue weighted by Crippen LogP contribution is 2.26. The van der Waals surface area contributed by atoms with E-state index in [1.54, 1.807) is 22.5 Å². The zero-order valence-electron chi connectivity index (χ0n) is 17.0. The fourth-order valence-corrected chi connectivity index (χ4v) is 5.71. The van der Waals surface area contributed by atoms with Gasteiger partial charge < -0.3 is 10.6 Å². The van der Waals surface area contributed by atoms with Crippen LogP contribution in [0.2, 0.25) is 0 Å². The highest BCUT2D eigenvalue weighted by molar-refractivity contribution is 7.89. The number of piperidine rings is 1. The van der Waals surface area contributed by atoms with Crippen molar-refractivity contribution >= 4 is 21.6 Å². The number of amides is 1. The molecule has 2 N–H and O–H groups in total. The summed E-state index contributed by atoms with van der Waals surface area (Å²) in [5.41, 5.74) is 1.63. The highest BCUT2D eigenvalue weighted by atomic mass is 32.2. The molecule has 0 bridgehead atoms. The van der Waals surface area contributed by atoms with Crippen LogP contribution < -0.4 is 10.6 Å². The topological polar surface area (TPSA) is 78.5 Å². The summed E-state index contributed by atoms with van der Waals surface area (Å²) in [7, 11) is -3.48. The molecule has 3 rings (SSSR count). The van der Waals surface area contributed by atoms with E-state index in [2.05, 4.69) is 17.6 Å². The predicted molar refractivity (Wildman–Crippen MR) is 112 cm³/mol. The predicted octanol–water partition coefficient (Wildman–Crippen LogP) is 3.28. The van der Waals surface area contributed by atoms with Gasteiger partial charge in [-0.15, -0.1) is 0 Å². The maximum Gasteiger partial charge on any atom is 0.243 e. The van der Waals surface area contributed by atoms with Gasteiger partial charge in [0.05, 0.1) is 11.4 Å². The third-order valence-electron chi connectivity index (χ3n) is 6.06. The first-order valence-corrected chi connectivity index (χ1v) is 12.0. The first-order chi connectivity index (χ1) is 13.4. The largest absolute Gasteiger partial charge is 0.376 e. The molecule has 2 fully saturated rings. The van der Waals surface area contributed by atoms with Gasteiger partial charge in [-0.1, -0.05) is 32.3 Å². The zero-order valence-corrected chi connectivity index (χ0v) is 17.9. The van der Waals surface area contributed by atoms with Crippen molar-refractivity contribution < 1.29 is 13.2 Å². The zero-order chi connectivity index (χ0) is 20.1. The van der Waals surface area contributed by atoms with Crippen LogP contribution in [0.3, 0.4) is 0 Å². The van der Waals surface area contributed by atoms with E-state index in [1.807, 2.05) is 6.92 Å². The smallest absolute Gasteiger partial charge is 0.243 e. The highest BCUT2D eigenvalue weighted by Gasteiger charge is 2.26. The van der Waals surface area contributed by atoms with Crippen molar-refractivity contribution in [2.75, 3.05) is 25.0 Å². The molecule has 156 valence electrons. The van der Waals surface area contributed by atoms with Gasteiger partial charge in [0.1, 0.15) is 0 Å². The quantitative estimate of drug-likeness (QED) is 0.759. The van der Waals surface area contributed by atoms with Gasteiger partial charge in [-0.25, -0.2) is 8.42 Å². The van der Waals surface area contributed by atoms with Crippen molar-refractivity contribution in [1.82, 2.24) is 9.62 Å². The number of rotatable bonds is 6. The Bertz CT molecular complexity index is 788. The lowest BCUT2D eigenvalue weighted by Gasteiger charge is -2.29. The van der Waals surface area contributed by atoms with E-state index < -0.39 is 10.0 Å². The lowest BCUT2D eigenvalue weighted by Crippen LogP contribution is -2.43. The standard InChI is InChI=1S/C21H33N3O3S/c1-16-8-4-5-9-19(16)23-21(25)15-22-20-14-18(11-10-17(20)2)28(26,27)24-12-6-3-7-13-24/h10-11,14,16,19,22H,3-9,12-13,15H2,1-2H3,(H,23,25). The average molecular weight is 408 g/mol. The van der Waals surface area contributed by atoms with Gasteiger partial charge in [0.25, 0.3) is 0 Å². The SMILES string of the molecule is Cc1ccc(S(=O)(=O)N2CCCCC2)cc1NCC(=O)NC1CCCCC1C. The number of anilines is 1. The number of sulfonamides is 1. The summed E-state index contributed by atoms with van der Waals surface area (Å²) < 4.78 is 27.4. The first kappa shape index (κ1) is 21.1. The van der Waals surface area contributed by atoms with Crippen LogP contribution in [-0.2, 0) is 14.8 Å². The van der Waals surface area contributed by atoms with E-state index in [-0.39, 0.29) is 18.5 Å². The fourth-order valence-electron chi connectivity index (χ4n) is 4.17. The Kier molecular flexibility index (Phi) is 6.99. The summed E-state index contributed by atoms with van der Waals surface area (Å²) in [5, 5.41) is 6.26. The molecule has 1 amide bonds. The van der Waals surface area contributed by atoms with Gasteiger partial charge in [0.2, 0.25) is 15.9 Å². The van der Waals surface area contributed by atoms with Crippen LogP contribution in [0.25, 0.3) is 0 Å². The summed E-state index contributed by atoms with van der Waals surface area (Å²) >= 11 is 0. The molecule has 2 unspecified atom stereocenters. The van der Waals surface area contributed by atoms with Crippen molar-refractivity contribution in [3.63, 3.8) is 0 Å². The second-order valence-corrected chi connectivity index (χ2v) is 10.2. The number of carbonyl (C=O) groups excluding carboxylic acids is 1. The Balaban J connectivity index is 1.64. The number of aryl methyl sites for hydroxylation is 1. The van der Waals surface area contributed by atoms with Crippen LogP contribution in [0.5, 0.6) is 0 Å². The molecule has 28 heavy (non-hydrogen) atoms. The van der Waals surface area contributed by atoms with Gasteiger partial charge in [-0.2, -0.15) is 4.31 Å². The molecule has 1 aromatic carbocycles. The van der Waals surface area contributed by atoms with E-state index in [0.29, 0.717) is 29.6 Å². The molecule has 1 aliphatic carbocycles. The van der Waals surface area contributed by atoms with Crippen molar-refractivity contribution in [3.8, 4) is 0 Å². The van der Waals surface area contributed by atoms with Crippen LogP contribution in [0.1, 0.15) is 57.4 Å². The summed E-state index contributed by atoms with van der Waals surface area (Å²) in [6.45, 7) is 5.43. The summed E-state index contributed by atoms with van der Waals surface area (Å²) in [6, 6.07) is 5.37. The van der Waals surface area contributed by atoms with Crippen LogP contribution in [-0.4, -0.2) is 44.3 Å². The van der Waals surface area contributed by atoms with Gasteiger partial charge in [-0.3, -0.25) is 4.79 Å². The van der Waals surface area contributed by atoms with Crippen molar-refractivity contribution in [1.29, 1.82) is 0 Å². The number of nitrogens with one attached hydrogen (secondary N) is 2. The molecule has 7 heteroatoms. The number of benzene rings is 1. The fraction of sp³-hybridized carbons (Fsp3) is 0.667. The maximum atomic E-state index is 12.9. The molecule has 0 radical (unpaired) electrons. The summed E-state index contributed by atoms with van der Waals surface area (Å²) in [4.78, 5) is 12.7. The lowest BCUT2D eigenvalue weighted by atomic mass is 9.86. The number of hydrogen-bond acceptors (Lipinski definition) is 4. The monoisotopic (exact) mass is 407 g/mol. The second-order valence-electron chi connectivity index (χ2n) is 8.23. The summed E-state index contributed by atoms with van der Waals surface area (Å²) in [5.74, 6) is 0.472. The molecule has 1 saturated heterocycles. The molecule has 2 aliphatic rings.